The van der Waals surface area contributed by atoms with Crippen LogP contribution >= 0.6 is 0 Å². The number of aryl methyl sites for hydroxylation is 3. The van der Waals surface area contributed by atoms with Gasteiger partial charge in [0.05, 0.1) is 7.11 Å². The molecule has 3 rings (SSSR count). The number of amides is 1. The Kier molecular flexibility index (Phi) is 7.18. The average Bonchev–Trinajstić information content (AvgIpc) is 3.20. The van der Waals surface area contributed by atoms with E-state index in [1.165, 1.54) is 5.56 Å². The summed E-state index contributed by atoms with van der Waals surface area (Å²) in [6.45, 7) is 0.561. The second kappa shape index (κ2) is 10.3. The van der Waals surface area contributed by atoms with E-state index in [1.54, 1.807) is 7.11 Å². The maximum absolute atomic E-state index is 12.0. The first kappa shape index (κ1) is 19.6. The van der Waals surface area contributed by atoms with E-state index >= 15 is 0 Å². The van der Waals surface area contributed by atoms with Gasteiger partial charge in [0.15, 0.2) is 0 Å². The number of methoxy groups -OCH3 is 1. The second-order valence-electron chi connectivity index (χ2n) is 6.49. The normalized spacial score (nSPS) is 10.6. The molecule has 28 heavy (non-hydrogen) atoms. The number of rotatable bonds is 10. The Bertz CT molecular complexity index is 877. The molecule has 2 aromatic carbocycles. The zero-order valence-electron chi connectivity index (χ0n) is 16.1. The Morgan fingerprint density at radius 1 is 0.929 bits per heavy atom. The lowest BCUT2D eigenvalue weighted by molar-refractivity contribution is -0.121. The van der Waals surface area contributed by atoms with Crippen LogP contribution in [0.1, 0.15) is 29.3 Å². The van der Waals surface area contributed by atoms with Crippen molar-refractivity contribution in [2.75, 3.05) is 13.7 Å². The zero-order chi connectivity index (χ0) is 19.6. The largest absolute Gasteiger partial charge is 0.496 e. The van der Waals surface area contributed by atoms with Crippen LogP contribution in [-0.4, -0.2) is 29.8 Å². The first-order chi connectivity index (χ1) is 13.7. The Morgan fingerprint density at radius 3 is 2.43 bits per heavy atom. The van der Waals surface area contributed by atoms with Gasteiger partial charge in [0, 0.05) is 25.8 Å². The highest BCUT2D eigenvalue weighted by Gasteiger charge is 2.09. The van der Waals surface area contributed by atoms with E-state index in [4.69, 9.17) is 9.15 Å². The average molecular weight is 379 g/mol. The fourth-order valence-corrected chi connectivity index (χ4v) is 2.94. The fourth-order valence-electron chi connectivity index (χ4n) is 2.94. The number of para-hydroxylation sites is 1. The summed E-state index contributed by atoms with van der Waals surface area (Å²) in [6.07, 6.45) is 3.04. The molecule has 1 amide bonds. The summed E-state index contributed by atoms with van der Waals surface area (Å²) in [4.78, 5) is 12.0. The lowest BCUT2D eigenvalue weighted by Gasteiger charge is -2.08. The van der Waals surface area contributed by atoms with Crippen LogP contribution < -0.4 is 10.1 Å². The molecule has 1 N–H and O–H groups in total. The lowest BCUT2D eigenvalue weighted by atomic mass is 10.1. The van der Waals surface area contributed by atoms with Gasteiger partial charge in [-0.2, -0.15) is 0 Å². The van der Waals surface area contributed by atoms with E-state index in [9.17, 15) is 4.79 Å². The molecule has 1 aromatic heterocycles. The monoisotopic (exact) mass is 379 g/mol. The van der Waals surface area contributed by atoms with E-state index in [2.05, 4.69) is 27.6 Å². The minimum Gasteiger partial charge on any atom is -0.496 e. The lowest BCUT2D eigenvalue weighted by Crippen LogP contribution is -2.26. The van der Waals surface area contributed by atoms with Crippen molar-refractivity contribution in [3.05, 3.63) is 77.5 Å². The SMILES string of the molecule is COc1ccccc1CCNC(=O)CCc1nnc(CCc2ccccc2)o1. The van der Waals surface area contributed by atoms with E-state index in [-0.39, 0.29) is 5.91 Å². The van der Waals surface area contributed by atoms with Crippen LogP contribution in [0.4, 0.5) is 0 Å². The molecule has 0 unspecified atom stereocenters. The molecule has 0 atom stereocenters. The van der Waals surface area contributed by atoms with Gasteiger partial charge in [-0.25, -0.2) is 0 Å². The van der Waals surface area contributed by atoms with Crippen LogP contribution in [0.5, 0.6) is 5.75 Å². The van der Waals surface area contributed by atoms with Gasteiger partial charge in [0.1, 0.15) is 5.75 Å². The van der Waals surface area contributed by atoms with Gasteiger partial charge < -0.3 is 14.5 Å². The van der Waals surface area contributed by atoms with E-state index < -0.39 is 0 Å². The minimum absolute atomic E-state index is 0.0288. The third-order valence-electron chi connectivity index (χ3n) is 4.45. The van der Waals surface area contributed by atoms with Crippen LogP contribution in [0.15, 0.2) is 59.0 Å². The Morgan fingerprint density at radius 2 is 1.64 bits per heavy atom. The van der Waals surface area contributed by atoms with Crippen LogP contribution in [0.2, 0.25) is 0 Å². The molecule has 0 fully saturated rings. The van der Waals surface area contributed by atoms with Crippen molar-refractivity contribution in [3.63, 3.8) is 0 Å². The number of carbonyl (C=O) groups is 1. The third kappa shape index (κ3) is 5.94. The predicted molar refractivity (Wildman–Crippen MR) is 106 cm³/mol. The number of benzene rings is 2. The molecule has 0 aliphatic heterocycles. The predicted octanol–water partition coefficient (Wildman–Crippen LogP) is 3.15. The maximum Gasteiger partial charge on any atom is 0.220 e. The highest BCUT2D eigenvalue weighted by atomic mass is 16.5. The summed E-state index contributed by atoms with van der Waals surface area (Å²) in [5, 5.41) is 11.0. The molecule has 0 bridgehead atoms. The molecular formula is C22H25N3O3. The Hall–Kier alpha value is -3.15. The molecule has 0 saturated heterocycles. The summed E-state index contributed by atoms with van der Waals surface area (Å²) in [5.41, 5.74) is 2.31. The van der Waals surface area contributed by atoms with Gasteiger partial charge in [0.25, 0.3) is 0 Å². The number of nitrogens with zero attached hydrogens (tertiary/aromatic N) is 2. The zero-order valence-corrected chi connectivity index (χ0v) is 16.1. The molecule has 3 aromatic rings. The summed E-state index contributed by atoms with van der Waals surface area (Å²) in [5.74, 6) is 1.92. The maximum atomic E-state index is 12.0. The van der Waals surface area contributed by atoms with Crippen molar-refractivity contribution in [2.45, 2.75) is 32.1 Å². The molecule has 0 aliphatic carbocycles. The first-order valence-corrected chi connectivity index (χ1v) is 9.48. The standard InChI is InChI=1S/C22H25N3O3/c1-27-19-10-6-5-9-18(19)15-16-23-20(26)12-14-22-25-24-21(28-22)13-11-17-7-3-2-4-8-17/h2-10H,11-16H2,1H3,(H,23,26). The molecule has 146 valence electrons. The van der Waals surface area contributed by atoms with Crippen LogP contribution in [0.3, 0.4) is 0 Å². The van der Waals surface area contributed by atoms with Gasteiger partial charge in [0.2, 0.25) is 17.7 Å². The van der Waals surface area contributed by atoms with Crippen molar-refractivity contribution in [2.24, 2.45) is 0 Å². The van der Waals surface area contributed by atoms with Gasteiger partial charge in [-0.15, -0.1) is 10.2 Å². The molecule has 0 saturated carbocycles. The molecule has 1 heterocycles. The smallest absolute Gasteiger partial charge is 0.220 e. The molecular weight excluding hydrogens is 354 g/mol. The Balaban J connectivity index is 1.37. The molecule has 0 aliphatic rings. The summed E-state index contributed by atoms with van der Waals surface area (Å²) < 4.78 is 11.0. The van der Waals surface area contributed by atoms with Crippen LogP contribution in [0, 0.1) is 0 Å². The Labute approximate surface area is 164 Å². The van der Waals surface area contributed by atoms with Gasteiger partial charge in [-0.3, -0.25) is 4.79 Å². The number of aromatic nitrogens is 2. The van der Waals surface area contributed by atoms with E-state index in [1.807, 2.05) is 42.5 Å². The molecule has 0 spiro atoms. The number of hydrogen-bond acceptors (Lipinski definition) is 5. The highest BCUT2D eigenvalue weighted by Crippen LogP contribution is 2.17. The van der Waals surface area contributed by atoms with Gasteiger partial charge in [-0.05, 0) is 30.0 Å². The summed E-state index contributed by atoms with van der Waals surface area (Å²) in [6, 6.07) is 18.0. The highest BCUT2D eigenvalue weighted by molar-refractivity contribution is 5.76. The van der Waals surface area contributed by atoms with Crippen molar-refractivity contribution in [1.82, 2.24) is 15.5 Å². The number of ether oxygens (including phenoxy) is 1. The van der Waals surface area contributed by atoms with Crippen LogP contribution in [-0.2, 0) is 30.5 Å². The van der Waals surface area contributed by atoms with Gasteiger partial charge >= 0.3 is 0 Å². The minimum atomic E-state index is -0.0288. The molecule has 0 radical (unpaired) electrons. The fraction of sp³-hybridized carbons (Fsp3) is 0.318. The summed E-state index contributed by atoms with van der Waals surface area (Å²) >= 11 is 0. The summed E-state index contributed by atoms with van der Waals surface area (Å²) in [7, 11) is 1.65. The number of nitrogens with one attached hydrogen (secondary N) is 1. The van der Waals surface area contributed by atoms with Crippen molar-refractivity contribution < 1.29 is 13.9 Å². The quantitative estimate of drug-likeness (QED) is 0.585. The molecule has 6 heteroatoms. The number of hydrogen-bond donors (Lipinski definition) is 1. The topological polar surface area (TPSA) is 77.2 Å². The second-order valence-corrected chi connectivity index (χ2v) is 6.49. The van der Waals surface area contributed by atoms with Crippen molar-refractivity contribution in [1.29, 1.82) is 0 Å². The van der Waals surface area contributed by atoms with Crippen molar-refractivity contribution in [3.8, 4) is 5.75 Å². The third-order valence-corrected chi connectivity index (χ3v) is 4.45. The van der Waals surface area contributed by atoms with E-state index in [0.717, 1.165) is 24.2 Å². The number of carbonyl (C=O) groups excluding carboxylic acids is 1. The van der Waals surface area contributed by atoms with Gasteiger partial charge in [-0.1, -0.05) is 48.5 Å². The van der Waals surface area contributed by atoms with E-state index in [0.29, 0.717) is 37.6 Å². The first-order valence-electron chi connectivity index (χ1n) is 9.48. The molecule has 6 nitrogen and oxygen atoms in total. The van der Waals surface area contributed by atoms with Crippen molar-refractivity contribution >= 4 is 5.91 Å². The van der Waals surface area contributed by atoms with Crippen LogP contribution in [0.25, 0.3) is 0 Å².